The van der Waals surface area contributed by atoms with E-state index in [0.717, 1.165) is 6.42 Å². The first-order valence-electron chi connectivity index (χ1n) is 7.03. The Balaban J connectivity index is 2.05. The largest absolute Gasteiger partial charge is 0.0801 e. The number of hydrogen-bond acceptors (Lipinski definition) is 0. The maximum Gasteiger partial charge on any atom is -0.00884 e. The molecule has 0 bridgehead atoms. The number of allylic oxidation sites excluding steroid dienone is 6. The van der Waals surface area contributed by atoms with Crippen LogP contribution in [0.25, 0.3) is 16.7 Å². The molecule has 0 fully saturated rings. The molecule has 98 valence electrons. The molecule has 0 heteroatoms. The van der Waals surface area contributed by atoms with Gasteiger partial charge in [-0.25, -0.2) is 0 Å². The fraction of sp³-hybridized carbons (Fsp3) is 0.100. The summed E-state index contributed by atoms with van der Waals surface area (Å²) in [4.78, 5) is 0. The molecule has 0 atom stereocenters. The predicted molar refractivity (Wildman–Crippen MR) is 87.5 cm³/mol. The second-order valence-electron chi connectivity index (χ2n) is 5.16. The minimum Gasteiger partial charge on any atom is -0.0801 e. The third-order valence-corrected chi connectivity index (χ3v) is 3.55. The van der Waals surface area contributed by atoms with Crippen LogP contribution in [0.1, 0.15) is 17.5 Å². The Morgan fingerprint density at radius 2 is 1.55 bits per heavy atom. The molecule has 0 aliphatic heterocycles. The van der Waals surface area contributed by atoms with Crippen LogP contribution in [0.3, 0.4) is 0 Å². The number of aryl methyl sites for hydroxylation is 1. The summed E-state index contributed by atoms with van der Waals surface area (Å²) in [6.07, 6.45) is 11.7. The van der Waals surface area contributed by atoms with Gasteiger partial charge in [-0.2, -0.15) is 0 Å². The quantitative estimate of drug-likeness (QED) is 0.661. The SMILES string of the molecule is Cc1cc(C2=CC=CC=CC2)cc(-c2ccccc2)c1. The molecule has 0 N–H and O–H groups in total. The van der Waals surface area contributed by atoms with E-state index in [-0.39, 0.29) is 0 Å². The van der Waals surface area contributed by atoms with Crippen LogP contribution in [0.2, 0.25) is 0 Å². The average Bonchev–Trinajstić information content (AvgIpc) is 2.77. The van der Waals surface area contributed by atoms with E-state index in [1.165, 1.54) is 27.8 Å². The zero-order valence-corrected chi connectivity index (χ0v) is 11.7. The molecule has 0 heterocycles. The minimum absolute atomic E-state index is 0.991. The van der Waals surface area contributed by atoms with Gasteiger partial charge in [0.1, 0.15) is 0 Å². The van der Waals surface area contributed by atoms with Gasteiger partial charge >= 0.3 is 0 Å². The summed E-state index contributed by atoms with van der Waals surface area (Å²) in [6, 6.07) is 17.4. The molecular weight excluding hydrogens is 240 g/mol. The Kier molecular flexibility index (Phi) is 3.64. The molecule has 0 saturated carbocycles. The topological polar surface area (TPSA) is 0 Å². The molecule has 0 spiro atoms. The third-order valence-electron chi connectivity index (χ3n) is 3.55. The molecule has 0 saturated heterocycles. The van der Waals surface area contributed by atoms with E-state index in [1.54, 1.807) is 0 Å². The Hall–Kier alpha value is -2.34. The van der Waals surface area contributed by atoms with Crippen molar-refractivity contribution in [3.63, 3.8) is 0 Å². The average molecular weight is 258 g/mol. The highest BCUT2D eigenvalue weighted by molar-refractivity contribution is 5.75. The molecule has 1 aliphatic rings. The van der Waals surface area contributed by atoms with Crippen molar-refractivity contribution in [1.82, 2.24) is 0 Å². The summed E-state index contributed by atoms with van der Waals surface area (Å²) in [5, 5.41) is 0. The normalized spacial score (nSPS) is 13.9. The van der Waals surface area contributed by atoms with Gasteiger partial charge in [0.15, 0.2) is 0 Å². The van der Waals surface area contributed by atoms with Gasteiger partial charge in [0, 0.05) is 0 Å². The minimum atomic E-state index is 0.991. The van der Waals surface area contributed by atoms with E-state index in [9.17, 15) is 0 Å². The molecule has 1 aliphatic carbocycles. The lowest BCUT2D eigenvalue weighted by Gasteiger charge is -2.10. The molecule has 2 aromatic carbocycles. The van der Waals surface area contributed by atoms with Crippen LogP contribution in [-0.2, 0) is 0 Å². The van der Waals surface area contributed by atoms with Crippen LogP contribution >= 0.6 is 0 Å². The molecule has 0 radical (unpaired) electrons. The maximum atomic E-state index is 2.29. The Labute approximate surface area is 120 Å². The lowest BCUT2D eigenvalue weighted by molar-refractivity contribution is 1.37. The second kappa shape index (κ2) is 5.75. The second-order valence-corrected chi connectivity index (χ2v) is 5.16. The summed E-state index contributed by atoms with van der Waals surface area (Å²) in [7, 11) is 0. The summed E-state index contributed by atoms with van der Waals surface area (Å²) in [5.41, 5.74) is 6.56. The van der Waals surface area contributed by atoms with Crippen molar-refractivity contribution in [1.29, 1.82) is 0 Å². The van der Waals surface area contributed by atoms with Gasteiger partial charge in [0.05, 0.1) is 0 Å². The first-order valence-corrected chi connectivity index (χ1v) is 7.03. The number of hydrogen-bond donors (Lipinski definition) is 0. The van der Waals surface area contributed by atoms with Crippen LogP contribution < -0.4 is 0 Å². The van der Waals surface area contributed by atoms with Gasteiger partial charge in [-0.15, -0.1) is 0 Å². The van der Waals surface area contributed by atoms with E-state index in [4.69, 9.17) is 0 Å². The van der Waals surface area contributed by atoms with Crippen LogP contribution in [-0.4, -0.2) is 0 Å². The molecule has 3 rings (SSSR count). The van der Waals surface area contributed by atoms with Gasteiger partial charge in [-0.1, -0.05) is 72.8 Å². The van der Waals surface area contributed by atoms with Crippen LogP contribution in [0.5, 0.6) is 0 Å². The molecular formula is C20H18. The highest BCUT2D eigenvalue weighted by atomic mass is 14.1. The number of benzene rings is 2. The highest BCUT2D eigenvalue weighted by Crippen LogP contribution is 2.28. The zero-order chi connectivity index (χ0) is 13.8. The van der Waals surface area contributed by atoms with Gasteiger partial charge in [0.25, 0.3) is 0 Å². The molecule has 0 aromatic heterocycles. The van der Waals surface area contributed by atoms with E-state index in [0.29, 0.717) is 0 Å². The summed E-state index contributed by atoms with van der Waals surface area (Å²) in [6.45, 7) is 2.17. The fourth-order valence-corrected chi connectivity index (χ4v) is 2.56. The van der Waals surface area contributed by atoms with Crippen molar-refractivity contribution in [2.24, 2.45) is 0 Å². The maximum absolute atomic E-state index is 2.29. The lowest BCUT2D eigenvalue weighted by Crippen LogP contribution is -1.88. The molecule has 0 nitrogen and oxygen atoms in total. The third kappa shape index (κ3) is 2.80. The number of rotatable bonds is 2. The predicted octanol–water partition coefficient (Wildman–Crippen LogP) is 5.56. The van der Waals surface area contributed by atoms with E-state index in [2.05, 4.69) is 85.8 Å². The van der Waals surface area contributed by atoms with Crippen molar-refractivity contribution >= 4 is 5.57 Å². The Morgan fingerprint density at radius 3 is 2.40 bits per heavy atom. The van der Waals surface area contributed by atoms with Crippen LogP contribution in [0.15, 0.2) is 78.9 Å². The van der Waals surface area contributed by atoms with Gasteiger partial charge < -0.3 is 0 Å². The fourth-order valence-electron chi connectivity index (χ4n) is 2.56. The smallest absolute Gasteiger partial charge is 0.00884 e. The molecule has 0 amide bonds. The lowest BCUT2D eigenvalue weighted by atomic mass is 9.95. The standard InChI is InChI=1S/C20H18/c1-16-13-19(17-9-5-2-3-6-10-17)15-20(14-16)18-11-7-4-8-12-18/h2-9,11-15H,10H2,1H3. The van der Waals surface area contributed by atoms with Crippen molar-refractivity contribution in [3.05, 3.63) is 90.0 Å². The molecule has 2 aromatic rings. The van der Waals surface area contributed by atoms with Gasteiger partial charge in [0.2, 0.25) is 0 Å². The summed E-state index contributed by atoms with van der Waals surface area (Å²) < 4.78 is 0. The summed E-state index contributed by atoms with van der Waals surface area (Å²) >= 11 is 0. The van der Waals surface area contributed by atoms with Gasteiger partial charge in [-0.3, -0.25) is 0 Å². The summed E-state index contributed by atoms with van der Waals surface area (Å²) in [5.74, 6) is 0. The van der Waals surface area contributed by atoms with Crippen LogP contribution in [0.4, 0.5) is 0 Å². The molecule has 20 heavy (non-hydrogen) atoms. The van der Waals surface area contributed by atoms with Crippen LogP contribution in [0, 0.1) is 6.92 Å². The first kappa shape index (κ1) is 12.7. The Bertz CT molecular complexity index is 685. The van der Waals surface area contributed by atoms with Gasteiger partial charge in [-0.05, 0) is 47.2 Å². The zero-order valence-electron chi connectivity index (χ0n) is 11.7. The van der Waals surface area contributed by atoms with Crippen molar-refractivity contribution in [3.8, 4) is 11.1 Å². The van der Waals surface area contributed by atoms with E-state index < -0.39 is 0 Å². The first-order chi connectivity index (χ1) is 9.83. The van der Waals surface area contributed by atoms with E-state index >= 15 is 0 Å². The van der Waals surface area contributed by atoms with E-state index in [1.807, 2.05) is 0 Å². The van der Waals surface area contributed by atoms with Crippen molar-refractivity contribution < 1.29 is 0 Å². The Morgan fingerprint density at radius 1 is 0.750 bits per heavy atom. The van der Waals surface area contributed by atoms with Crippen molar-refractivity contribution in [2.75, 3.05) is 0 Å². The monoisotopic (exact) mass is 258 g/mol. The van der Waals surface area contributed by atoms with Crippen molar-refractivity contribution in [2.45, 2.75) is 13.3 Å². The highest BCUT2D eigenvalue weighted by Gasteiger charge is 2.05. The molecule has 0 unspecified atom stereocenters.